The van der Waals surface area contributed by atoms with E-state index in [1.165, 1.54) is 0 Å². The summed E-state index contributed by atoms with van der Waals surface area (Å²) in [7, 11) is 0. The van der Waals surface area contributed by atoms with Crippen LogP contribution in [0.4, 0.5) is 0 Å². The van der Waals surface area contributed by atoms with E-state index in [1.807, 2.05) is 0 Å². The van der Waals surface area contributed by atoms with E-state index in [0.29, 0.717) is 6.42 Å². The van der Waals surface area contributed by atoms with Gasteiger partial charge in [0.15, 0.2) is 0 Å². The van der Waals surface area contributed by atoms with Crippen LogP contribution >= 0.6 is 0 Å². The highest BCUT2D eigenvalue weighted by Crippen LogP contribution is 2.48. The topological polar surface area (TPSA) is 37.3 Å². The molecule has 0 radical (unpaired) electrons. The fraction of sp³-hybridized carbons (Fsp3) is 0.625. The van der Waals surface area contributed by atoms with Crippen molar-refractivity contribution in [3.63, 3.8) is 0 Å². The maximum absolute atomic E-state index is 10.5. The van der Waals surface area contributed by atoms with Crippen molar-refractivity contribution < 1.29 is 9.90 Å². The minimum Gasteiger partial charge on any atom is -0.481 e. The van der Waals surface area contributed by atoms with Gasteiger partial charge in [-0.3, -0.25) is 4.79 Å². The van der Waals surface area contributed by atoms with Crippen LogP contribution in [-0.2, 0) is 4.79 Å². The van der Waals surface area contributed by atoms with E-state index in [9.17, 15) is 4.79 Å². The van der Waals surface area contributed by atoms with Gasteiger partial charge in [0.1, 0.15) is 0 Å². The summed E-state index contributed by atoms with van der Waals surface area (Å²) in [5, 5.41) is 8.66. The highest BCUT2D eigenvalue weighted by atomic mass is 16.4. The summed E-state index contributed by atoms with van der Waals surface area (Å²) in [6.07, 6.45) is 2.13. The van der Waals surface area contributed by atoms with Gasteiger partial charge in [0.05, 0.1) is 5.41 Å². The van der Waals surface area contributed by atoms with Crippen LogP contribution < -0.4 is 0 Å². The lowest BCUT2D eigenvalue weighted by Crippen LogP contribution is -2.13. The quantitative estimate of drug-likeness (QED) is 0.583. The second kappa shape index (κ2) is 2.34. The molecule has 0 spiro atoms. The molecule has 54 valence electrons. The van der Waals surface area contributed by atoms with Crippen molar-refractivity contribution in [2.45, 2.75) is 26.2 Å². The first-order chi connectivity index (χ1) is 4.71. The van der Waals surface area contributed by atoms with E-state index < -0.39 is 11.4 Å². The molecule has 0 amide bonds. The zero-order chi connectivity index (χ0) is 7.61. The Labute approximate surface area is 60.2 Å². The summed E-state index contributed by atoms with van der Waals surface area (Å²) in [6.45, 7) is 1.73. The van der Waals surface area contributed by atoms with Crippen molar-refractivity contribution >= 4 is 5.97 Å². The Morgan fingerprint density at radius 2 is 2.30 bits per heavy atom. The average Bonchev–Trinajstić information content (AvgIpc) is 2.64. The molecule has 0 atom stereocenters. The Morgan fingerprint density at radius 3 is 2.60 bits per heavy atom. The molecule has 2 heteroatoms. The van der Waals surface area contributed by atoms with Crippen LogP contribution in [0, 0.1) is 17.3 Å². The Morgan fingerprint density at radius 1 is 1.70 bits per heavy atom. The zero-order valence-electron chi connectivity index (χ0n) is 5.98. The standard InChI is InChI=1S/C8H10O2/c1-2-3-4-8(5-6-8)7(9)10/h4-6H2,1H3,(H,9,10). The first-order valence-corrected chi connectivity index (χ1v) is 3.34. The predicted molar refractivity (Wildman–Crippen MR) is 37.4 cm³/mol. The van der Waals surface area contributed by atoms with Crippen molar-refractivity contribution in [1.82, 2.24) is 0 Å². The zero-order valence-corrected chi connectivity index (χ0v) is 5.98. The van der Waals surface area contributed by atoms with E-state index in [1.54, 1.807) is 6.92 Å². The minimum absolute atomic E-state index is 0.455. The third-order valence-corrected chi connectivity index (χ3v) is 1.91. The Kier molecular flexibility index (Phi) is 1.67. The molecule has 1 fully saturated rings. The summed E-state index contributed by atoms with van der Waals surface area (Å²) in [5.41, 5.74) is -0.455. The van der Waals surface area contributed by atoms with Crippen molar-refractivity contribution in [1.29, 1.82) is 0 Å². The lowest BCUT2D eigenvalue weighted by molar-refractivity contribution is -0.143. The molecule has 1 saturated carbocycles. The van der Waals surface area contributed by atoms with Crippen molar-refractivity contribution in [3.8, 4) is 11.8 Å². The average molecular weight is 138 g/mol. The minimum atomic E-state index is -0.685. The van der Waals surface area contributed by atoms with E-state index in [0.717, 1.165) is 12.8 Å². The molecule has 1 N–H and O–H groups in total. The van der Waals surface area contributed by atoms with Crippen LogP contribution in [0.15, 0.2) is 0 Å². The lowest BCUT2D eigenvalue weighted by atomic mass is 10.0. The number of carboxylic acid groups (broad SMARTS) is 1. The van der Waals surface area contributed by atoms with Crippen LogP contribution in [0.2, 0.25) is 0 Å². The molecule has 0 aromatic heterocycles. The summed E-state index contributed by atoms with van der Waals surface area (Å²) < 4.78 is 0. The summed E-state index contributed by atoms with van der Waals surface area (Å²) >= 11 is 0. The Bertz CT molecular complexity index is 203. The fourth-order valence-corrected chi connectivity index (χ4v) is 0.875. The van der Waals surface area contributed by atoms with Crippen molar-refractivity contribution in [3.05, 3.63) is 0 Å². The van der Waals surface area contributed by atoms with Gasteiger partial charge in [-0.15, -0.1) is 11.8 Å². The van der Waals surface area contributed by atoms with Gasteiger partial charge in [-0.05, 0) is 19.8 Å². The molecule has 0 unspecified atom stereocenters. The number of aliphatic carboxylic acids is 1. The second-order valence-electron chi connectivity index (χ2n) is 2.69. The number of hydrogen-bond donors (Lipinski definition) is 1. The van der Waals surface area contributed by atoms with E-state index in [2.05, 4.69) is 11.8 Å². The molecule has 0 aromatic carbocycles. The molecular formula is C8H10O2. The SMILES string of the molecule is CC#CCC1(C(=O)O)CC1. The Balaban J connectivity index is 2.50. The molecule has 0 aromatic rings. The number of rotatable bonds is 2. The molecule has 0 bridgehead atoms. The molecule has 0 heterocycles. The maximum Gasteiger partial charge on any atom is 0.310 e. The third kappa shape index (κ3) is 1.13. The number of hydrogen-bond acceptors (Lipinski definition) is 1. The largest absolute Gasteiger partial charge is 0.481 e. The van der Waals surface area contributed by atoms with Crippen LogP contribution in [0.3, 0.4) is 0 Å². The van der Waals surface area contributed by atoms with Crippen LogP contribution in [0.25, 0.3) is 0 Å². The van der Waals surface area contributed by atoms with Gasteiger partial charge < -0.3 is 5.11 Å². The molecule has 1 rings (SSSR count). The molecule has 1 aliphatic rings. The van der Waals surface area contributed by atoms with Crippen LogP contribution in [0.5, 0.6) is 0 Å². The van der Waals surface area contributed by atoms with Gasteiger partial charge >= 0.3 is 5.97 Å². The summed E-state index contributed by atoms with van der Waals surface area (Å²) in [4.78, 5) is 10.5. The second-order valence-corrected chi connectivity index (χ2v) is 2.69. The molecule has 2 nitrogen and oxygen atoms in total. The van der Waals surface area contributed by atoms with Gasteiger partial charge in [-0.25, -0.2) is 0 Å². The van der Waals surface area contributed by atoms with Crippen LogP contribution in [0.1, 0.15) is 26.2 Å². The van der Waals surface area contributed by atoms with E-state index >= 15 is 0 Å². The van der Waals surface area contributed by atoms with Gasteiger partial charge in [0.25, 0.3) is 0 Å². The summed E-state index contributed by atoms with van der Waals surface area (Å²) in [5.74, 6) is 4.82. The normalized spacial score (nSPS) is 18.9. The van der Waals surface area contributed by atoms with Crippen molar-refractivity contribution in [2.75, 3.05) is 0 Å². The maximum atomic E-state index is 10.5. The molecule has 1 aliphatic carbocycles. The first kappa shape index (κ1) is 7.14. The van der Waals surface area contributed by atoms with Gasteiger partial charge in [0, 0.05) is 6.42 Å². The Hall–Kier alpha value is -0.970. The van der Waals surface area contributed by atoms with E-state index in [4.69, 9.17) is 5.11 Å². The van der Waals surface area contributed by atoms with Crippen molar-refractivity contribution in [2.24, 2.45) is 5.41 Å². The van der Waals surface area contributed by atoms with Gasteiger partial charge in [-0.2, -0.15) is 0 Å². The molecule has 10 heavy (non-hydrogen) atoms. The smallest absolute Gasteiger partial charge is 0.310 e. The fourth-order valence-electron chi connectivity index (χ4n) is 0.875. The first-order valence-electron chi connectivity index (χ1n) is 3.34. The molecule has 0 saturated heterocycles. The molecule has 0 aliphatic heterocycles. The molecular weight excluding hydrogens is 128 g/mol. The third-order valence-electron chi connectivity index (χ3n) is 1.91. The number of carboxylic acids is 1. The van der Waals surface area contributed by atoms with Gasteiger partial charge in [-0.1, -0.05) is 0 Å². The highest BCUT2D eigenvalue weighted by Gasteiger charge is 2.49. The van der Waals surface area contributed by atoms with E-state index in [-0.39, 0.29) is 0 Å². The van der Waals surface area contributed by atoms with Crippen LogP contribution in [-0.4, -0.2) is 11.1 Å². The van der Waals surface area contributed by atoms with Gasteiger partial charge in [0.2, 0.25) is 0 Å². The highest BCUT2D eigenvalue weighted by molar-refractivity contribution is 5.78. The predicted octanol–water partition coefficient (Wildman–Crippen LogP) is 1.26. The summed E-state index contributed by atoms with van der Waals surface area (Å²) in [6, 6.07) is 0. The monoisotopic (exact) mass is 138 g/mol. The lowest BCUT2D eigenvalue weighted by Gasteiger charge is -2.01. The number of carbonyl (C=O) groups is 1.